The first-order chi connectivity index (χ1) is 8.72. The topological polar surface area (TPSA) is 9.72 Å². The molecule has 1 saturated heterocycles. The van der Waals surface area contributed by atoms with Crippen molar-refractivity contribution in [3.05, 3.63) is 0 Å². The minimum absolute atomic E-state index is 0.254. The third kappa shape index (κ3) is 5.41. The Hall–Kier alpha value is -0.120. The molecule has 1 fully saturated rings. The smallest absolute Gasteiger partial charge is 0.0279 e. The molecule has 3 nitrogen and oxygen atoms in total. The zero-order valence-electron chi connectivity index (χ0n) is 14.2. The predicted octanol–water partition coefficient (Wildman–Crippen LogP) is 2.38. The van der Waals surface area contributed by atoms with Gasteiger partial charge in [0.25, 0.3) is 0 Å². The molecule has 0 saturated carbocycles. The van der Waals surface area contributed by atoms with Crippen molar-refractivity contribution in [1.29, 1.82) is 0 Å². The summed E-state index contributed by atoms with van der Waals surface area (Å²) in [6, 6.07) is 0.655. The molecule has 1 aliphatic heterocycles. The Labute approximate surface area is 120 Å². The lowest BCUT2D eigenvalue weighted by molar-refractivity contribution is 0.0425. The van der Waals surface area contributed by atoms with Gasteiger partial charge in [0.15, 0.2) is 0 Å². The number of hydrogen-bond donors (Lipinski definition) is 0. The highest BCUT2D eigenvalue weighted by atomic mass is 15.3. The first-order valence-corrected chi connectivity index (χ1v) is 7.86. The molecule has 0 N–H and O–H groups in total. The van der Waals surface area contributed by atoms with Gasteiger partial charge < -0.3 is 4.90 Å². The molecule has 1 aliphatic rings. The Bertz CT molecular complexity index is 255. The number of likely N-dealkylation sites (N-methyl/N-ethyl adjacent to an activating group) is 2. The van der Waals surface area contributed by atoms with Crippen LogP contribution in [0.15, 0.2) is 0 Å². The molecule has 0 aromatic heterocycles. The standard InChI is InChI=1S/C16H35N3/c1-14(2)12-15(3)18(7)16(4,5)13-19-10-8-17(6)9-11-19/h14-15H,8-13H2,1-7H3. The summed E-state index contributed by atoms with van der Waals surface area (Å²) < 4.78 is 0. The van der Waals surface area contributed by atoms with Gasteiger partial charge in [-0.2, -0.15) is 0 Å². The Balaban J connectivity index is 2.49. The molecular formula is C16H35N3. The molecule has 114 valence electrons. The second kappa shape index (κ2) is 7.05. The van der Waals surface area contributed by atoms with Crippen LogP contribution in [0, 0.1) is 5.92 Å². The molecule has 19 heavy (non-hydrogen) atoms. The minimum atomic E-state index is 0.254. The average Bonchev–Trinajstić information content (AvgIpc) is 2.30. The molecule has 0 aliphatic carbocycles. The van der Waals surface area contributed by atoms with Crippen LogP contribution < -0.4 is 0 Å². The lowest BCUT2D eigenvalue weighted by Crippen LogP contribution is -2.56. The van der Waals surface area contributed by atoms with E-state index in [0.29, 0.717) is 6.04 Å². The van der Waals surface area contributed by atoms with Crippen LogP contribution in [0.3, 0.4) is 0 Å². The fourth-order valence-corrected chi connectivity index (χ4v) is 3.10. The molecule has 0 aromatic rings. The van der Waals surface area contributed by atoms with Crippen LogP contribution in [0.2, 0.25) is 0 Å². The molecule has 0 amide bonds. The third-order valence-electron chi connectivity index (χ3n) is 4.63. The van der Waals surface area contributed by atoms with Gasteiger partial charge in [0.1, 0.15) is 0 Å². The van der Waals surface area contributed by atoms with Gasteiger partial charge in [-0.3, -0.25) is 9.80 Å². The first-order valence-electron chi connectivity index (χ1n) is 7.86. The molecular weight excluding hydrogens is 234 g/mol. The van der Waals surface area contributed by atoms with Crippen molar-refractivity contribution >= 4 is 0 Å². The monoisotopic (exact) mass is 269 g/mol. The van der Waals surface area contributed by atoms with Crippen molar-refractivity contribution in [2.75, 3.05) is 46.8 Å². The highest BCUT2D eigenvalue weighted by molar-refractivity contribution is 4.87. The van der Waals surface area contributed by atoms with Crippen molar-refractivity contribution in [2.45, 2.75) is 52.6 Å². The maximum atomic E-state index is 2.62. The SMILES string of the molecule is CC(C)CC(C)N(C)C(C)(C)CN1CCN(C)CC1. The van der Waals surface area contributed by atoms with E-state index in [4.69, 9.17) is 0 Å². The van der Waals surface area contributed by atoms with Gasteiger partial charge in [-0.1, -0.05) is 13.8 Å². The van der Waals surface area contributed by atoms with E-state index < -0.39 is 0 Å². The van der Waals surface area contributed by atoms with Gasteiger partial charge in [-0.15, -0.1) is 0 Å². The Morgan fingerprint density at radius 2 is 1.58 bits per heavy atom. The van der Waals surface area contributed by atoms with Crippen LogP contribution in [0.1, 0.15) is 41.0 Å². The Morgan fingerprint density at radius 3 is 2.05 bits per heavy atom. The molecule has 0 radical (unpaired) electrons. The summed E-state index contributed by atoms with van der Waals surface area (Å²) in [7, 11) is 4.52. The molecule has 1 unspecified atom stereocenters. The van der Waals surface area contributed by atoms with Crippen LogP contribution >= 0.6 is 0 Å². The van der Waals surface area contributed by atoms with Gasteiger partial charge in [-0.25, -0.2) is 0 Å². The molecule has 0 spiro atoms. The summed E-state index contributed by atoms with van der Waals surface area (Å²) in [5, 5.41) is 0. The summed E-state index contributed by atoms with van der Waals surface area (Å²) in [6.45, 7) is 17.8. The molecule has 1 rings (SSSR count). The maximum absolute atomic E-state index is 2.62. The lowest BCUT2D eigenvalue weighted by atomic mass is 9.96. The summed E-state index contributed by atoms with van der Waals surface area (Å²) in [5.41, 5.74) is 0.254. The summed E-state index contributed by atoms with van der Waals surface area (Å²) in [5.74, 6) is 0.775. The quantitative estimate of drug-likeness (QED) is 0.733. The zero-order valence-corrected chi connectivity index (χ0v) is 14.2. The highest BCUT2D eigenvalue weighted by Crippen LogP contribution is 2.21. The van der Waals surface area contributed by atoms with Crippen molar-refractivity contribution in [1.82, 2.24) is 14.7 Å². The van der Waals surface area contributed by atoms with E-state index in [1.165, 1.54) is 39.1 Å². The van der Waals surface area contributed by atoms with E-state index in [2.05, 4.69) is 63.4 Å². The van der Waals surface area contributed by atoms with Crippen molar-refractivity contribution in [3.63, 3.8) is 0 Å². The molecule has 1 heterocycles. The highest BCUT2D eigenvalue weighted by Gasteiger charge is 2.30. The fraction of sp³-hybridized carbons (Fsp3) is 1.00. The number of hydrogen-bond acceptors (Lipinski definition) is 3. The Kier molecular flexibility index (Phi) is 6.28. The zero-order chi connectivity index (χ0) is 14.6. The van der Waals surface area contributed by atoms with E-state index in [9.17, 15) is 0 Å². The first kappa shape index (κ1) is 16.9. The lowest BCUT2D eigenvalue weighted by Gasteiger charge is -2.45. The van der Waals surface area contributed by atoms with E-state index in [1.807, 2.05) is 0 Å². The van der Waals surface area contributed by atoms with Crippen LogP contribution in [0.25, 0.3) is 0 Å². The normalized spacial score (nSPS) is 21.3. The second-order valence-corrected chi connectivity index (χ2v) is 7.48. The van der Waals surface area contributed by atoms with E-state index in [1.54, 1.807) is 0 Å². The van der Waals surface area contributed by atoms with Gasteiger partial charge in [-0.05, 0) is 47.2 Å². The van der Waals surface area contributed by atoms with Crippen molar-refractivity contribution in [2.24, 2.45) is 5.92 Å². The van der Waals surface area contributed by atoms with Crippen LogP contribution in [-0.2, 0) is 0 Å². The van der Waals surface area contributed by atoms with E-state index in [0.717, 1.165) is 5.92 Å². The minimum Gasteiger partial charge on any atom is -0.304 e. The molecule has 0 aromatic carbocycles. The van der Waals surface area contributed by atoms with E-state index >= 15 is 0 Å². The molecule has 0 bridgehead atoms. The van der Waals surface area contributed by atoms with Crippen LogP contribution in [-0.4, -0.2) is 73.1 Å². The average molecular weight is 269 g/mol. The summed E-state index contributed by atoms with van der Waals surface area (Å²) in [6.07, 6.45) is 1.28. The largest absolute Gasteiger partial charge is 0.304 e. The summed E-state index contributed by atoms with van der Waals surface area (Å²) >= 11 is 0. The van der Waals surface area contributed by atoms with Gasteiger partial charge >= 0.3 is 0 Å². The maximum Gasteiger partial charge on any atom is 0.0279 e. The van der Waals surface area contributed by atoms with Gasteiger partial charge in [0, 0.05) is 44.3 Å². The summed E-state index contributed by atoms with van der Waals surface area (Å²) in [4.78, 5) is 7.62. The fourth-order valence-electron chi connectivity index (χ4n) is 3.10. The number of rotatable bonds is 6. The van der Waals surface area contributed by atoms with E-state index in [-0.39, 0.29) is 5.54 Å². The Morgan fingerprint density at radius 1 is 1.05 bits per heavy atom. The van der Waals surface area contributed by atoms with Crippen LogP contribution in [0.5, 0.6) is 0 Å². The predicted molar refractivity (Wildman–Crippen MR) is 84.7 cm³/mol. The number of piperazine rings is 1. The van der Waals surface area contributed by atoms with Gasteiger partial charge in [0.05, 0.1) is 0 Å². The van der Waals surface area contributed by atoms with Crippen molar-refractivity contribution < 1.29 is 0 Å². The third-order valence-corrected chi connectivity index (χ3v) is 4.63. The van der Waals surface area contributed by atoms with Gasteiger partial charge in [0.2, 0.25) is 0 Å². The van der Waals surface area contributed by atoms with Crippen molar-refractivity contribution in [3.8, 4) is 0 Å². The molecule has 1 atom stereocenters. The molecule has 3 heteroatoms. The number of nitrogens with zero attached hydrogens (tertiary/aromatic N) is 3. The second-order valence-electron chi connectivity index (χ2n) is 7.48. The van der Waals surface area contributed by atoms with Crippen LogP contribution in [0.4, 0.5) is 0 Å².